The molecule has 0 aromatic carbocycles. The number of carbonyl (C=O) groups is 1. The fourth-order valence-corrected chi connectivity index (χ4v) is 6.62. The van der Waals surface area contributed by atoms with Crippen molar-refractivity contribution in [1.29, 1.82) is 0 Å². The molecule has 190 valence electrons. The lowest BCUT2D eigenvalue weighted by atomic mass is 9.77. The van der Waals surface area contributed by atoms with Crippen molar-refractivity contribution in [3.8, 4) is 0 Å². The first-order chi connectivity index (χ1) is 16.1. The normalized spacial score (nSPS) is 39.8. The van der Waals surface area contributed by atoms with E-state index in [1.807, 2.05) is 0 Å². The summed E-state index contributed by atoms with van der Waals surface area (Å²) in [6.07, 6.45) is 7.45. The Balaban J connectivity index is 1.22. The van der Waals surface area contributed by atoms with Gasteiger partial charge in [-0.05, 0) is 63.2 Å². The van der Waals surface area contributed by atoms with Gasteiger partial charge in [0, 0.05) is 50.8 Å². The van der Waals surface area contributed by atoms with Crippen LogP contribution in [0.3, 0.4) is 0 Å². The lowest BCUT2D eigenvalue weighted by Crippen LogP contribution is -2.67. The van der Waals surface area contributed by atoms with Gasteiger partial charge in [-0.25, -0.2) is 4.39 Å². The summed E-state index contributed by atoms with van der Waals surface area (Å²) >= 11 is 0. The molecule has 8 heteroatoms. The zero-order valence-corrected chi connectivity index (χ0v) is 20.7. The molecule has 1 amide bonds. The third-order valence-electron chi connectivity index (χ3n) is 8.43. The maximum absolute atomic E-state index is 13.6. The molecule has 4 aliphatic rings. The van der Waals surface area contributed by atoms with Gasteiger partial charge in [0.2, 0.25) is 5.91 Å². The summed E-state index contributed by atoms with van der Waals surface area (Å²) in [6, 6.07) is 0.964. The van der Waals surface area contributed by atoms with Crippen LogP contribution in [0.25, 0.3) is 0 Å². The molecule has 33 heavy (non-hydrogen) atoms. The number of fused-ring (bicyclic) bond motifs is 1. The number of amides is 1. The highest BCUT2D eigenvalue weighted by Gasteiger charge is 2.44. The van der Waals surface area contributed by atoms with Crippen molar-refractivity contribution in [2.75, 3.05) is 39.4 Å². The van der Waals surface area contributed by atoms with Crippen LogP contribution in [-0.4, -0.2) is 80.8 Å². The quantitative estimate of drug-likeness (QED) is 0.389. The molecule has 2 saturated carbocycles. The third kappa shape index (κ3) is 6.45. The molecule has 0 bridgehead atoms. The number of nitrogens with zero attached hydrogens (tertiary/aromatic N) is 1. The molecule has 6 unspecified atom stereocenters. The number of hydrogen-bond acceptors (Lipinski definition) is 6. The van der Waals surface area contributed by atoms with E-state index in [2.05, 4.69) is 40.0 Å². The van der Waals surface area contributed by atoms with E-state index < -0.39 is 6.17 Å². The predicted molar refractivity (Wildman–Crippen MR) is 128 cm³/mol. The molecule has 0 spiro atoms. The molecule has 6 atom stereocenters. The molecule has 0 radical (unpaired) electrons. The maximum Gasteiger partial charge on any atom is 0.223 e. The summed E-state index contributed by atoms with van der Waals surface area (Å²) in [7, 11) is 0. The van der Waals surface area contributed by atoms with Gasteiger partial charge in [0.25, 0.3) is 0 Å². The Hall–Kier alpha value is -0.800. The molecule has 2 aliphatic carbocycles. The Morgan fingerprint density at radius 1 is 1.12 bits per heavy atom. The van der Waals surface area contributed by atoms with Crippen LogP contribution in [0.2, 0.25) is 0 Å². The predicted octanol–water partition coefficient (Wildman–Crippen LogP) is 1.98. The van der Waals surface area contributed by atoms with Gasteiger partial charge in [-0.15, -0.1) is 0 Å². The van der Waals surface area contributed by atoms with E-state index in [-0.39, 0.29) is 18.0 Å². The first-order valence-corrected chi connectivity index (χ1v) is 13.5. The fraction of sp³-hybridized carbons (Fsp3) is 0.960. The van der Waals surface area contributed by atoms with Crippen LogP contribution in [0.15, 0.2) is 0 Å². The van der Waals surface area contributed by atoms with Gasteiger partial charge in [-0.3, -0.25) is 25.6 Å². The van der Waals surface area contributed by atoms with Crippen LogP contribution in [0, 0.1) is 17.8 Å². The average molecular weight is 468 g/mol. The van der Waals surface area contributed by atoms with Crippen LogP contribution >= 0.6 is 0 Å². The second-order valence-electron chi connectivity index (χ2n) is 10.8. The monoisotopic (exact) mass is 467 g/mol. The average Bonchev–Trinajstić information content (AvgIpc) is 3.25. The fourth-order valence-electron chi connectivity index (χ4n) is 6.62. The van der Waals surface area contributed by atoms with Crippen molar-refractivity contribution in [3.05, 3.63) is 0 Å². The summed E-state index contributed by atoms with van der Waals surface area (Å²) in [5.41, 5.74) is 0. The first-order valence-electron chi connectivity index (χ1n) is 13.5. The van der Waals surface area contributed by atoms with E-state index in [1.165, 1.54) is 0 Å². The van der Waals surface area contributed by atoms with Crippen LogP contribution in [0.5, 0.6) is 0 Å². The van der Waals surface area contributed by atoms with E-state index in [1.54, 1.807) is 0 Å². The lowest BCUT2D eigenvalue weighted by Gasteiger charge is -2.44. The number of carbonyl (C=O) groups excluding carboxylic acids is 1. The Morgan fingerprint density at radius 2 is 1.94 bits per heavy atom. The van der Waals surface area contributed by atoms with E-state index in [9.17, 15) is 9.18 Å². The lowest BCUT2D eigenvalue weighted by molar-refractivity contribution is -0.128. The van der Waals surface area contributed by atoms with Gasteiger partial charge in [0.15, 0.2) is 0 Å². The van der Waals surface area contributed by atoms with E-state index in [0.29, 0.717) is 43.2 Å². The molecule has 2 aliphatic heterocycles. The molecule has 4 rings (SSSR count). The Morgan fingerprint density at radius 3 is 2.70 bits per heavy atom. The number of nitrogens with one attached hydrogen (secondary N) is 4. The number of piperazine rings is 1. The SMILES string of the molecule is CCCOCCNC(=O)C1CCC(NC2NCCN3C(C4CCC(F)CC4)CNC23)CC1C. The van der Waals surface area contributed by atoms with Gasteiger partial charge in [-0.2, -0.15) is 0 Å². The molecular weight excluding hydrogens is 421 g/mol. The largest absolute Gasteiger partial charge is 0.380 e. The minimum atomic E-state index is -0.586. The number of alkyl halides is 1. The van der Waals surface area contributed by atoms with Gasteiger partial charge in [-0.1, -0.05) is 13.8 Å². The molecule has 4 fully saturated rings. The maximum atomic E-state index is 13.6. The van der Waals surface area contributed by atoms with Crippen molar-refractivity contribution in [1.82, 2.24) is 26.2 Å². The molecule has 2 saturated heterocycles. The van der Waals surface area contributed by atoms with Crippen LogP contribution in [-0.2, 0) is 9.53 Å². The highest BCUT2D eigenvalue weighted by molar-refractivity contribution is 5.79. The minimum Gasteiger partial charge on any atom is -0.380 e. The van der Waals surface area contributed by atoms with E-state index >= 15 is 0 Å². The zero-order valence-electron chi connectivity index (χ0n) is 20.7. The van der Waals surface area contributed by atoms with Crippen molar-refractivity contribution >= 4 is 5.91 Å². The van der Waals surface area contributed by atoms with E-state index in [4.69, 9.17) is 4.74 Å². The highest BCUT2D eigenvalue weighted by atomic mass is 19.1. The Kier molecular flexibility index (Phi) is 9.39. The second kappa shape index (κ2) is 12.2. The van der Waals surface area contributed by atoms with Crippen molar-refractivity contribution in [3.63, 3.8) is 0 Å². The molecule has 0 aromatic heterocycles. The van der Waals surface area contributed by atoms with Gasteiger partial charge >= 0.3 is 0 Å². The van der Waals surface area contributed by atoms with Gasteiger partial charge in [0.05, 0.1) is 18.9 Å². The highest BCUT2D eigenvalue weighted by Crippen LogP contribution is 2.34. The third-order valence-corrected chi connectivity index (χ3v) is 8.43. The van der Waals surface area contributed by atoms with Crippen molar-refractivity contribution in [2.24, 2.45) is 17.8 Å². The molecule has 2 heterocycles. The topological polar surface area (TPSA) is 77.7 Å². The van der Waals surface area contributed by atoms with Crippen LogP contribution in [0.1, 0.15) is 65.2 Å². The summed E-state index contributed by atoms with van der Waals surface area (Å²) in [6.45, 7) is 9.32. The second-order valence-corrected chi connectivity index (χ2v) is 10.8. The summed E-state index contributed by atoms with van der Waals surface area (Å²) < 4.78 is 19.1. The van der Waals surface area contributed by atoms with Gasteiger partial charge < -0.3 is 10.1 Å². The number of hydrogen-bond donors (Lipinski definition) is 4. The molecular formula is C25H46FN5O2. The van der Waals surface area contributed by atoms with Crippen LogP contribution < -0.4 is 21.3 Å². The molecule has 0 aromatic rings. The summed E-state index contributed by atoms with van der Waals surface area (Å²) in [4.78, 5) is 15.3. The number of halogens is 1. The minimum absolute atomic E-state index is 0.102. The zero-order chi connectivity index (χ0) is 23.2. The summed E-state index contributed by atoms with van der Waals surface area (Å²) in [5, 5.41) is 14.4. The van der Waals surface area contributed by atoms with Crippen molar-refractivity contribution in [2.45, 2.75) is 95.8 Å². The van der Waals surface area contributed by atoms with Crippen molar-refractivity contribution < 1.29 is 13.9 Å². The standard InChI is InChI=1S/C25H46FN5O2/c1-3-13-33-14-11-28-25(32)21-9-8-20(15-17(21)2)30-23-24-29-16-22(31(24)12-10-27-23)18-4-6-19(26)7-5-18/h17-24,27,29-30H,3-16H2,1-2H3,(H,28,32). The van der Waals surface area contributed by atoms with E-state index in [0.717, 1.165) is 77.6 Å². The molecule has 4 N–H and O–H groups in total. The van der Waals surface area contributed by atoms with Crippen LogP contribution in [0.4, 0.5) is 4.39 Å². The number of rotatable bonds is 9. The Bertz CT molecular complexity index is 618. The Labute approximate surface area is 199 Å². The number of ether oxygens (including phenoxy) is 1. The smallest absolute Gasteiger partial charge is 0.223 e. The molecule has 7 nitrogen and oxygen atoms in total. The van der Waals surface area contributed by atoms with Gasteiger partial charge in [0.1, 0.15) is 6.17 Å². The first kappa shape index (κ1) is 25.3. The summed E-state index contributed by atoms with van der Waals surface area (Å²) in [5.74, 6) is 1.28.